The lowest BCUT2D eigenvalue weighted by Gasteiger charge is -2.36. The van der Waals surface area contributed by atoms with Gasteiger partial charge in [0, 0.05) is 29.5 Å². The number of piperidine rings is 1. The van der Waals surface area contributed by atoms with Crippen LogP contribution in [0.5, 0.6) is 0 Å². The molecule has 0 aromatic heterocycles. The van der Waals surface area contributed by atoms with E-state index in [4.69, 9.17) is 5.73 Å². The number of halogens is 1. The zero-order chi connectivity index (χ0) is 13.8. The van der Waals surface area contributed by atoms with Gasteiger partial charge in [0.05, 0.1) is 0 Å². The minimum absolute atomic E-state index is 0.249. The van der Waals surface area contributed by atoms with Crippen molar-refractivity contribution in [2.45, 2.75) is 44.7 Å². The smallest absolute Gasteiger partial charge is 0.223 e. The topological polar surface area (TPSA) is 46.3 Å². The summed E-state index contributed by atoms with van der Waals surface area (Å²) in [5.74, 6) is 0.249. The van der Waals surface area contributed by atoms with Crippen LogP contribution in [0.15, 0.2) is 28.7 Å². The highest BCUT2D eigenvalue weighted by atomic mass is 79.9. The molecule has 104 valence electrons. The summed E-state index contributed by atoms with van der Waals surface area (Å²) in [4.78, 5) is 14.2. The standard InChI is InChI=1S/C15H21BrN2O/c1-11-9-14(17)7-8-18(11)15(19)6-5-12-3-2-4-13(16)10-12/h2-4,10-11,14H,5-9,17H2,1H3. The van der Waals surface area contributed by atoms with Crippen LogP contribution in [-0.4, -0.2) is 29.4 Å². The number of amides is 1. The summed E-state index contributed by atoms with van der Waals surface area (Å²) in [7, 11) is 0. The van der Waals surface area contributed by atoms with E-state index in [-0.39, 0.29) is 18.0 Å². The molecule has 1 fully saturated rings. The Kier molecular flexibility index (Phi) is 4.99. The van der Waals surface area contributed by atoms with Gasteiger partial charge in [-0.1, -0.05) is 28.1 Å². The number of rotatable bonds is 3. The van der Waals surface area contributed by atoms with Crippen molar-refractivity contribution in [2.24, 2.45) is 5.73 Å². The SMILES string of the molecule is CC1CC(N)CCN1C(=O)CCc1cccc(Br)c1. The van der Waals surface area contributed by atoms with Crippen LogP contribution in [0.3, 0.4) is 0 Å². The molecule has 1 amide bonds. The van der Waals surface area contributed by atoms with E-state index >= 15 is 0 Å². The third kappa shape index (κ3) is 4.05. The molecule has 2 N–H and O–H groups in total. The minimum Gasteiger partial charge on any atom is -0.340 e. The van der Waals surface area contributed by atoms with Crippen LogP contribution in [0.25, 0.3) is 0 Å². The second-order valence-electron chi connectivity index (χ2n) is 5.35. The fraction of sp³-hybridized carbons (Fsp3) is 0.533. The van der Waals surface area contributed by atoms with E-state index in [1.807, 2.05) is 17.0 Å². The first-order valence-corrected chi connectivity index (χ1v) is 7.65. The normalized spacial score (nSPS) is 23.4. The van der Waals surface area contributed by atoms with Crippen molar-refractivity contribution in [3.8, 4) is 0 Å². The third-order valence-corrected chi connectivity index (χ3v) is 4.25. The second kappa shape index (κ2) is 6.53. The molecule has 1 saturated heterocycles. The molecule has 4 heteroatoms. The lowest BCUT2D eigenvalue weighted by molar-refractivity contribution is -0.134. The van der Waals surface area contributed by atoms with Gasteiger partial charge in [0.1, 0.15) is 0 Å². The molecular weight excluding hydrogens is 304 g/mol. The number of hydrogen-bond acceptors (Lipinski definition) is 2. The number of carbonyl (C=O) groups excluding carboxylic acids is 1. The maximum atomic E-state index is 12.2. The van der Waals surface area contributed by atoms with E-state index in [1.165, 1.54) is 5.56 Å². The third-order valence-electron chi connectivity index (χ3n) is 3.75. The highest BCUT2D eigenvalue weighted by molar-refractivity contribution is 9.10. The molecule has 1 aromatic rings. The first kappa shape index (κ1) is 14.5. The van der Waals surface area contributed by atoms with Gasteiger partial charge >= 0.3 is 0 Å². The first-order chi connectivity index (χ1) is 9.06. The zero-order valence-corrected chi connectivity index (χ0v) is 12.9. The molecule has 1 aliphatic heterocycles. The number of nitrogens with zero attached hydrogens (tertiary/aromatic N) is 1. The Bertz CT molecular complexity index is 450. The first-order valence-electron chi connectivity index (χ1n) is 6.86. The fourth-order valence-corrected chi connectivity index (χ4v) is 3.11. The molecule has 0 radical (unpaired) electrons. The molecular formula is C15H21BrN2O. The van der Waals surface area contributed by atoms with Crippen molar-refractivity contribution in [1.82, 2.24) is 4.90 Å². The van der Waals surface area contributed by atoms with Crippen LogP contribution < -0.4 is 5.73 Å². The maximum Gasteiger partial charge on any atom is 0.223 e. The number of benzene rings is 1. The Morgan fingerprint density at radius 1 is 1.53 bits per heavy atom. The van der Waals surface area contributed by atoms with Crippen molar-refractivity contribution in [1.29, 1.82) is 0 Å². The summed E-state index contributed by atoms with van der Waals surface area (Å²) in [6, 6.07) is 8.67. The quantitative estimate of drug-likeness (QED) is 0.929. The van der Waals surface area contributed by atoms with Gasteiger partial charge in [-0.05, 0) is 43.9 Å². The highest BCUT2D eigenvalue weighted by Crippen LogP contribution is 2.18. The van der Waals surface area contributed by atoms with Gasteiger partial charge < -0.3 is 10.6 Å². The van der Waals surface area contributed by atoms with E-state index in [0.717, 1.165) is 30.3 Å². The lowest BCUT2D eigenvalue weighted by Crippen LogP contribution is -2.48. The Morgan fingerprint density at radius 3 is 3.00 bits per heavy atom. The van der Waals surface area contributed by atoms with Gasteiger partial charge in [0.2, 0.25) is 5.91 Å². The Hall–Kier alpha value is -0.870. The predicted molar refractivity (Wildman–Crippen MR) is 80.8 cm³/mol. The molecule has 19 heavy (non-hydrogen) atoms. The fourth-order valence-electron chi connectivity index (χ4n) is 2.67. The van der Waals surface area contributed by atoms with E-state index < -0.39 is 0 Å². The van der Waals surface area contributed by atoms with E-state index in [9.17, 15) is 4.79 Å². The Balaban J connectivity index is 1.87. The summed E-state index contributed by atoms with van der Waals surface area (Å²) >= 11 is 3.45. The monoisotopic (exact) mass is 324 g/mol. The lowest BCUT2D eigenvalue weighted by atomic mass is 9.98. The Labute approximate surface area is 123 Å². The van der Waals surface area contributed by atoms with Gasteiger partial charge in [0.25, 0.3) is 0 Å². The highest BCUT2D eigenvalue weighted by Gasteiger charge is 2.26. The van der Waals surface area contributed by atoms with Crippen LogP contribution >= 0.6 is 15.9 Å². The number of aryl methyl sites for hydroxylation is 1. The minimum atomic E-state index is 0.249. The van der Waals surface area contributed by atoms with Gasteiger partial charge in [-0.2, -0.15) is 0 Å². The van der Waals surface area contributed by atoms with Crippen molar-refractivity contribution in [3.63, 3.8) is 0 Å². The van der Waals surface area contributed by atoms with Crippen LogP contribution in [0.1, 0.15) is 31.7 Å². The molecule has 3 nitrogen and oxygen atoms in total. The number of hydrogen-bond donors (Lipinski definition) is 1. The summed E-state index contributed by atoms with van der Waals surface area (Å²) in [6.45, 7) is 2.90. The summed E-state index contributed by atoms with van der Waals surface area (Å²) in [5, 5.41) is 0. The molecule has 1 heterocycles. The maximum absolute atomic E-state index is 12.2. The number of nitrogens with two attached hydrogens (primary N) is 1. The van der Waals surface area contributed by atoms with Crippen LogP contribution in [0.4, 0.5) is 0 Å². The molecule has 2 atom stereocenters. The average molecular weight is 325 g/mol. The zero-order valence-electron chi connectivity index (χ0n) is 11.3. The van der Waals surface area contributed by atoms with Crippen LogP contribution in [0, 0.1) is 0 Å². The van der Waals surface area contributed by atoms with E-state index in [2.05, 4.69) is 35.0 Å². The molecule has 0 aliphatic carbocycles. The summed E-state index contributed by atoms with van der Waals surface area (Å²) in [6.07, 6.45) is 3.22. The molecule has 1 aliphatic rings. The van der Waals surface area contributed by atoms with E-state index in [0.29, 0.717) is 6.42 Å². The van der Waals surface area contributed by atoms with Crippen LogP contribution in [0.2, 0.25) is 0 Å². The molecule has 1 aromatic carbocycles. The second-order valence-corrected chi connectivity index (χ2v) is 6.27. The van der Waals surface area contributed by atoms with Crippen molar-refractivity contribution in [2.75, 3.05) is 6.54 Å². The number of carbonyl (C=O) groups is 1. The largest absolute Gasteiger partial charge is 0.340 e. The van der Waals surface area contributed by atoms with Crippen molar-refractivity contribution < 1.29 is 4.79 Å². The molecule has 0 spiro atoms. The van der Waals surface area contributed by atoms with E-state index in [1.54, 1.807) is 0 Å². The molecule has 2 unspecified atom stereocenters. The van der Waals surface area contributed by atoms with Crippen LogP contribution in [-0.2, 0) is 11.2 Å². The van der Waals surface area contributed by atoms with Crippen molar-refractivity contribution in [3.05, 3.63) is 34.3 Å². The molecule has 2 rings (SSSR count). The van der Waals surface area contributed by atoms with Gasteiger partial charge in [-0.25, -0.2) is 0 Å². The average Bonchev–Trinajstić information content (AvgIpc) is 2.36. The molecule has 0 saturated carbocycles. The van der Waals surface area contributed by atoms with Gasteiger partial charge in [-0.3, -0.25) is 4.79 Å². The number of likely N-dealkylation sites (tertiary alicyclic amines) is 1. The summed E-state index contributed by atoms with van der Waals surface area (Å²) < 4.78 is 1.06. The Morgan fingerprint density at radius 2 is 2.32 bits per heavy atom. The van der Waals surface area contributed by atoms with Crippen molar-refractivity contribution >= 4 is 21.8 Å². The predicted octanol–water partition coefficient (Wildman–Crippen LogP) is 2.72. The van der Waals surface area contributed by atoms with Gasteiger partial charge in [0.15, 0.2) is 0 Å². The summed E-state index contributed by atoms with van der Waals surface area (Å²) in [5.41, 5.74) is 7.12. The van der Waals surface area contributed by atoms with Gasteiger partial charge in [-0.15, -0.1) is 0 Å². The molecule has 0 bridgehead atoms.